The Morgan fingerprint density at radius 2 is 1.45 bits per heavy atom. The van der Waals surface area contributed by atoms with Gasteiger partial charge in [0.05, 0.1) is 30.8 Å². The average molecular weight is 781 g/mol. The van der Waals surface area contributed by atoms with Crippen molar-refractivity contribution in [3.63, 3.8) is 0 Å². The molecule has 9 aliphatic rings. The average Bonchev–Trinajstić information content (AvgIpc) is 3.11. The number of rotatable bonds is 5. The van der Waals surface area contributed by atoms with Crippen molar-refractivity contribution in [1.82, 2.24) is 0 Å². The minimum atomic E-state index is -1.72. The molecule has 14 heteroatoms. The lowest BCUT2D eigenvalue weighted by molar-refractivity contribution is -0.367. The van der Waals surface area contributed by atoms with E-state index in [1.54, 1.807) is 6.92 Å². The highest BCUT2D eigenvalue weighted by atomic mass is 16.8. The third-order valence-corrected chi connectivity index (χ3v) is 17.6. The lowest BCUT2D eigenvalue weighted by atomic mass is 9.33. The molecule has 8 fully saturated rings. The van der Waals surface area contributed by atoms with Crippen molar-refractivity contribution in [2.45, 2.75) is 185 Å². The van der Waals surface area contributed by atoms with Crippen LogP contribution < -0.4 is 0 Å². The zero-order valence-electron chi connectivity index (χ0n) is 33.3. The molecule has 9 rings (SSSR count). The summed E-state index contributed by atoms with van der Waals surface area (Å²) in [6, 6.07) is 0. The fourth-order valence-electron chi connectivity index (χ4n) is 13.9. The van der Waals surface area contributed by atoms with Gasteiger partial charge < -0.3 is 64.5 Å². The highest BCUT2D eigenvalue weighted by molar-refractivity contribution is 5.86. The van der Waals surface area contributed by atoms with Crippen LogP contribution in [-0.2, 0) is 28.5 Å². The van der Waals surface area contributed by atoms with Gasteiger partial charge in [-0.2, -0.15) is 0 Å². The summed E-state index contributed by atoms with van der Waals surface area (Å²) in [5.41, 5.74) is -3.10. The minimum absolute atomic E-state index is 0.121. The van der Waals surface area contributed by atoms with E-state index in [9.17, 15) is 45.6 Å². The van der Waals surface area contributed by atoms with Gasteiger partial charge in [0, 0.05) is 0 Å². The maximum Gasteiger partial charge on any atom is 0.317 e. The van der Waals surface area contributed by atoms with E-state index in [-0.39, 0.29) is 41.3 Å². The van der Waals surface area contributed by atoms with Gasteiger partial charge in [-0.25, -0.2) is 0 Å². The fraction of sp³-hybridized carbons (Fsp3) is 0.927. The van der Waals surface area contributed by atoms with Crippen LogP contribution in [0.25, 0.3) is 0 Å². The first kappa shape index (κ1) is 40.5. The van der Waals surface area contributed by atoms with Gasteiger partial charge in [0.2, 0.25) is 0 Å². The molecule has 55 heavy (non-hydrogen) atoms. The zero-order chi connectivity index (χ0) is 40.1. The second-order valence-corrected chi connectivity index (χ2v) is 20.3. The first-order valence-corrected chi connectivity index (χ1v) is 20.5. The third-order valence-electron chi connectivity index (χ3n) is 17.6. The highest BCUT2D eigenvalue weighted by Gasteiger charge is 2.75. The summed E-state index contributed by atoms with van der Waals surface area (Å²) in [7, 11) is 0. The van der Waals surface area contributed by atoms with Crippen LogP contribution in [0.1, 0.15) is 106 Å². The minimum Gasteiger partial charge on any atom is -0.455 e. The van der Waals surface area contributed by atoms with Crippen LogP contribution in [0, 0.1) is 38.9 Å². The first-order valence-electron chi connectivity index (χ1n) is 20.5. The molecule has 0 aromatic rings. The molecule has 4 aliphatic heterocycles. The number of carbonyl (C=O) groups is 1. The molecule has 0 aromatic carbocycles. The SMILES string of the molecule is CC1(C)[C@@H](O[C@H]2OC[C@H](O)[C@H](O)[C@H]2O[C@@H]2O[C@H](CO)[C@@H](O)[C@H](O)[C@H]2O)CC[C@@]2(C)[C@@H]1CC[C@]1(C)[C@@H]2C[C@@H](O)C2=C3[C@]4(CC[C@](C)(OC4=O)[C@@]3(C)O)CC[C@]21C. The molecule has 312 valence electrons. The van der Waals surface area contributed by atoms with Crippen molar-refractivity contribution in [1.29, 1.82) is 0 Å². The van der Waals surface area contributed by atoms with Crippen LogP contribution in [0.15, 0.2) is 11.1 Å². The molecule has 0 amide bonds. The van der Waals surface area contributed by atoms with Gasteiger partial charge in [-0.1, -0.05) is 34.6 Å². The predicted octanol–water partition coefficient (Wildman–Crippen LogP) is 1.20. The third kappa shape index (κ3) is 5.25. The lowest BCUT2D eigenvalue weighted by Gasteiger charge is -2.73. The lowest BCUT2D eigenvalue weighted by Crippen LogP contribution is -2.72. The molecule has 2 bridgehead atoms. The Hall–Kier alpha value is -1.27. The molecule has 4 saturated heterocycles. The van der Waals surface area contributed by atoms with E-state index in [0.717, 1.165) is 36.8 Å². The van der Waals surface area contributed by atoms with Crippen LogP contribution in [0.4, 0.5) is 0 Å². The molecule has 1 spiro atoms. The second-order valence-electron chi connectivity index (χ2n) is 20.3. The Kier molecular flexibility index (Phi) is 9.47. The summed E-state index contributed by atoms with van der Waals surface area (Å²) in [6.45, 7) is 14.1. The predicted molar refractivity (Wildman–Crippen MR) is 192 cm³/mol. The summed E-state index contributed by atoms with van der Waals surface area (Å²) < 4.78 is 30.2. The molecule has 0 aromatic heterocycles. The maximum atomic E-state index is 13.7. The summed E-state index contributed by atoms with van der Waals surface area (Å²) in [5.74, 6) is 0.0107. The Labute approximate surface area is 323 Å². The molecule has 0 radical (unpaired) electrons. The summed E-state index contributed by atoms with van der Waals surface area (Å²) in [4.78, 5) is 13.7. The van der Waals surface area contributed by atoms with E-state index in [0.29, 0.717) is 32.1 Å². The van der Waals surface area contributed by atoms with Crippen molar-refractivity contribution in [3.05, 3.63) is 11.1 Å². The number of carbonyl (C=O) groups excluding carboxylic acids is 1. The highest BCUT2D eigenvalue weighted by Crippen LogP contribution is 2.77. The summed E-state index contributed by atoms with van der Waals surface area (Å²) >= 11 is 0. The molecule has 8 N–H and O–H groups in total. The maximum absolute atomic E-state index is 13.7. The van der Waals surface area contributed by atoms with Crippen molar-refractivity contribution >= 4 is 5.97 Å². The van der Waals surface area contributed by atoms with E-state index >= 15 is 0 Å². The van der Waals surface area contributed by atoms with Crippen molar-refractivity contribution in [2.75, 3.05) is 13.2 Å². The monoisotopic (exact) mass is 780 g/mol. The number of hydrogen-bond acceptors (Lipinski definition) is 14. The molecule has 4 heterocycles. The number of fused-ring (bicyclic) bond motifs is 7. The normalized spacial score (nSPS) is 57.2. The van der Waals surface area contributed by atoms with Gasteiger partial charge in [-0.05, 0) is 116 Å². The Morgan fingerprint density at radius 3 is 2.13 bits per heavy atom. The van der Waals surface area contributed by atoms with Crippen LogP contribution in [0.5, 0.6) is 0 Å². The Morgan fingerprint density at radius 1 is 0.764 bits per heavy atom. The largest absolute Gasteiger partial charge is 0.455 e. The second kappa shape index (κ2) is 12.9. The summed E-state index contributed by atoms with van der Waals surface area (Å²) in [6.07, 6.45) is -8.17. The van der Waals surface area contributed by atoms with Gasteiger partial charge in [-0.3, -0.25) is 4.79 Å². The fourth-order valence-corrected chi connectivity index (χ4v) is 13.9. The Balaban J connectivity index is 1.07. The Bertz CT molecular complexity index is 1580. The number of esters is 1. The number of aliphatic hydroxyl groups is 8. The van der Waals surface area contributed by atoms with Crippen LogP contribution in [0.2, 0.25) is 0 Å². The van der Waals surface area contributed by atoms with Gasteiger partial charge in [0.1, 0.15) is 53.9 Å². The smallest absolute Gasteiger partial charge is 0.317 e. The molecular formula is C41H64O14. The first-order chi connectivity index (χ1) is 25.5. The summed E-state index contributed by atoms with van der Waals surface area (Å²) in [5, 5.41) is 87.4. The van der Waals surface area contributed by atoms with Crippen LogP contribution >= 0.6 is 0 Å². The van der Waals surface area contributed by atoms with E-state index in [2.05, 4.69) is 34.6 Å². The standard InChI is InChI=1S/C41H64O14/c1-35(2)22-8-11-37(4)23(16-19(43)25-31-40(7,50)39(6)13-15-41(31,34(49)55-39)14-12-38(25,37)5)36(22,3)10-9-24(35)53-33-30(26(45)20(44)18-51-33)54-32-29(48)28(47)27(46)21(17-42)52-32/h19-24,26-30,32-33,42-48,50H,8-18H2,1-7H3/t19-,20+,21-,22-,23-,24+,26+,27-,28+,29-,30-,32+,33-,36+,37-,38-,39+,40+,41-/m1/s1. The number of hydrogen-bond donors (Lipinski definition) is 8. The van der Waals surface area contributed by atoms with Gasteiger partial charge in [-0.15, -0.1) is 0 Å². The number of ether oxygens (including phenoxy) is 5. The molecule has 19 atom stereocenters. The number of aliphatic hydroxyl groups excluding tert-OH is 7. The van der Waals surface area contributed by atoms with Gasteiger partial charge in [0.15, 0.2) is 12.6 Å². The molecule has 4 saturated carbocycles. The van der Waals surface area contributed by atoms with E-state index in [1.165, 1.54) is 0 Å². The van der Waals surface area contributed by atoms with Crippen LogP contribution in [-0.4, -0.2) is 139 Å². The van der Waals surface area contributed by atoms with Crippen molar-refractivity contribution < 1.29 is 69.3 Å². The molecular weight excluding hydrogens is 716 g/mol. The van der Waals surface area contributed by atoms with E-state index in [1.807, 2.05) is 6.92 Å². The molecule has 5 aliphatic carbocycles. The van der Waals surface area contributed by atoms with Gasteiger partial charge in [0.25, 0.3) is 0 Å². The van der Waals surface area contributed by atoms with E-state index < -0.39 is 95.5 Å². The molecule has 0 unspecified atom stereocenters. The van der Waals surface area contributed by atoms with Crippen molar-refractivity contribution in [3.8, 4) is 0 Å². The topological polar surface area (TPSA) is 225 Å². The van der Waals surface area contributed by atoms with E-state index in [4.69, 9.17) is 23.7 Å². The quantitative estimate of drug-likeness (QED) is 0.112. The van der Waals surface area contributed by atoms with Gasteiger partial charge >= 0.3 is 5.97 Å². The molecule has 14 nitrogen and oxygen atoms in total. The van der Waals surface area contributed by atoms with Crippen molar-refractivity contribution in [2.24, 2.45) is 38.9 Å². The van der Waals surface area contributed by atoms with Crippen LogP contribution in [0.3, 0.4) is 0 Å². The zero-order valence-corrected chi connectivity index (χ0v) is 33.3.